The van der Waals surface area contributed by atoms with E-state index in [1.54, 1.807) is 4.90 Å². The Balaban J connectivity index is 1.13. The third-order valence-electron chi connectivity index (χ3n) is 7.74. The lowest BCUT2D eigenvalue weighted by Gasteiger charge is -2.40. The van der Waals surface area contributed by atoms with E-state index in [0.717, 1.165) is 49.4 Å². The molecule has 3 unspecified atom stereocenters. The van der Waals surface area contributed by atoms with E-state index in [0.29, 0.717) is 30.5 Å². The second kappa shape index (κ2) is 10.0. The van der Waals surface area contributed by atoms with Crippen LogP contribution in [0.4, 0.5) is 0 Å². The molecule has 2 fully saturated rings. The smallest absolute Gasteiger partial charge is 0.255 e. The number of unbranched alkanes of at least 4 members (excludes halogenated alkanes) is 2. The number of fused-ring (bicyclic) bond motifs is 2. The van der Waals surface area contributed by atoms with Gasteiger partial charge in [0.05, 0.1) is 0 Å². The summed E-state index contributed by atoms with van der Waals surface area (Å²) >= 11 is 6.20. The number of hydrogen-bond donors (Lipinski definition) is 1. The van der Waals surface area contributed by atoms with Gasteiger partial charge in [0.25, 0.3) is 5.91 Å². The van der Waals surface area contributed by atoms with Crippen molar-refractivity contribution in [2.24, 2.45) is 5.92 Å². The molecule has 3 amide bonds. The molecular formula is C27H32ClN3O3. The molecule has 1 N–H and O–H groups in total. The maximum absolute atomic E-state index is 13.0. The van der Waals surface area contributed by atoms with Crippen LogP contribution in [0.2, 0.25) is 0 Å². The first kappa shape index (κ1) is 23.3. The molecule has 1 aromatic rings. The van der Waals surface area contributed by atoms with E-state index in [4.69, 9.17) is 11.6 Å². The molecule has 34 heavy (non-hydrogen) atoms. The van der Waals surface area contributed by atoms with Crippen LogP contribution >= 0.6 is 11.6 Å². The molecular weight excluding hydrogens is 450 g/mol. The number of hydrogen-bond acceptors (Lipinski definition) is 4. The molecule has 6 nitrogen and oxygen atoms in total. The number of nitrogens with one attached hydrogen (secondary N) is 1. The number of aryl methyl sites for hydroxylation is 1. The summed E-state index contributed by atoms with van der Waals surface area (Å²) in [6, 6.07) is 5.84. The molecule has 0 bridgehead atoms. The fraction of sp³-hybridized carbons (Fsp3) is 0.519. The minimum absolute atomic E-state index is 0.0966. The number of benzene rings is 1. The van der Waals surface area contributed by atoms with Crippen molar-refractivity contribution in [3.8, 4) is 0 Å². The Kier molecular flexibility index (Phi) is 6.89. The second-order valence-corrected chi connectivity index (χ2v) is 10.3. The molecule has 7 heteroatoms. The topological polar surface area (TPSA) is 69.7 Å². The average Bonchev–Trinajstić information content (AvgIpc) is 3.15. The maximum atomic E-state index is 13.0. The zero-order chi connectivity index (χ0) is 23.7. The number of likely N-dealkylation sites (tertiary alicyclic amines) is 1. The summed E-state index contributed by atoms with van der Waals surface area (Å²) in [5.74, 6) is -0.167. The van der Waals surface area contributed by atoms with Gasteiger partial charge in [0.2, 0.25) is 11.8 Å². The van der Waals surface area contributed by atoms with Crippen molar-refractivity contribution in [3.63, 3.8) is 0 Å². The predicted octanol–water partition coefficient (Wildman–Crippen LogP) is 3.93. The number of halogens is 1. The Morgan fingerprint density at radius 3 is 2.82 bits per heavy atom. The molecule has 3 aliphatic heterocycles. The predicted molar refractivity (Wildman–Crippen MR) is 131 cm³/mol. The third kappa shape index (κ3) is 4.71. The highest BCUT2D eigenvalue weighted by molar-refractivity contribution is 6.31. The van der Waals surface area contributed by atoms with E-state index in [9.17, 15) is 14.4 Å². The number of allylic oxidation sites excluding steroid dienone is 2. The number of carbonyl (C=O) groups is 3. The van der Waals surface area contributed by atoms with Crippen LogP contribution in [-0.4, -0.2) is 52.7 Å². The quantitative estimate of drug-likeness (QED) is 0.473. The van der Waals surface area contributed by atoms with E-state index < -0.39 is 6.04 Å². The van der Waals surface area contributed by atoms with Gasteiger partial charge < -0.3 is 4.90 Å². The van der Waals surface area contributed by atoms with Crippen LogP contribution in [0.25, 0.3) is 0 Å². The van der Waals surface area contributed by atoms with Gasteiger partial charge in [0.1, 0.15) is 6.04 Å². The minimum atomic E-state index is -0.558. The molecule has 0 spiro atoms. The summed E-state index contributed by atoms with van der Waals surface area (Å²) in [6.07, 6.45) is 14.0. The van der Waals surface area contributed by atoms with Crippen LogP contribution in [0.3, 0.4) is 0 Å². The fourth-order valence-electron chi connectivity index (χ4n) is 5.97. The van der Waals surface area contributed by atoms with E-state index in [1.807, 2.05) is 18.2 Å². The van der Waals surface area contributed by atoms with Crippen LogP contribution in [0.1, 0.15) is 66.4 Å². The van der Waals surface area contributed by atoms with Crippen molar-refractivity contribution in [2.45, 2.75) is 70.0 Å². The van der Waals surface area contributed by atoms with Crippen molar-refractivity contribution in [1.82, 2.24) is 15.1 Å². The van der Waals surface area contributed by atoms with Crippen LogP contribution in [0.15, 0.2) is 41.5 Å². The molecule has 0 saturated carbocycles. The highest BCUT2D eigenvalue weighted by Crippen LogP contribution is 2.32. The lowest BCUT2D eigenvalue weighted by Crippen LogP contribution is -2.52. The molecule has 180 valence electrons. The van der Waals surface area contributed by atoms with Gasteiger partial charge in [0, 0.05) is 29.6 Å². The van der Waals surface area contributed by atoms with Crippen molar-refractivity contribution in [2.75, 3.05) is 13.1 Å². The first-order valence-corrected chi connectivity index (χ1v) is 12.9. The fourth-order valence-corrected chi connectivity index (χ4v) is 6.20. The minimum Gasteiger partial charge on any atom is -0.322 e. The van der Waals surface area contributed by atoms with Crippen LogP contribution in [0.5, 0.6) is 0 Å². The summed E-state index contributed by atoms with van der Waals surface area (Å²) in [4.78, 5) is 41.0. The molecule has 1 aromatic carbocycles. The summed E-state index contributed by atoms with van der Waals surface area (Å²) < 4.78 is 0. The summed E-state index contributed by atoms with van der Waals surface area (Å²) in [5, 5.41) is 3.24. The average molecular weight is 482 g/mol. The van der Waals surface area contributed by atoms with Crippen LogP contribution in [0, 0.1) is 5.92 Å². The lowest BCUT2D eigenvalue weighted by atomic mass is 9.86. The zero-order valence-electron chi connectivity index (χ0n) is 19.5. The lowest BCUT2D eigenvalue weighted by molar-refractivity contribution is -0.136. The number of imide groups is 1. The van der Waals surface area contributed by atoms with Gasteiger partial charge >= 0.3 is 0 Å². The van der Waals surface area contributed by atoms with Gasteiger partial charge in [-0.15, -0.1) is 0 Å². The molecule has 2 saturated heterocycles. The highest BCUT2D eigenvalue weighted by Gasteiger charge is 2.39. The first-order valence-electron chi connectivity index (χ1n) is 12.6. The Hall–Kier alpha value is -2.44. The van der Waals surface area contributed by atoms with E-state index in [1.165, 1.54) is 18.4 Å². The molecule has 0 radical (unpaired) electrons. The second-order valence-electron chi connectivity index (χ2n) is 9.90. The molecule has 5 rings (SSSR count). The van der Waals surface area contributed by atoms with Gasteiger partial charge in [-0.1, -0.05) is 42.3 Å². The Morgan fingerprint density at radius 1 is 1.09 bits per heavy atom. The number of amides is 3. The molecule has 3 atom stereocenters. The monoisotopic (exact) mass is 481 g/mol. The van der Waals surface area contributed by atoms with E-state index in [-0.39, 0.29) is 24.1 Å². The summed E-state index contributed by atoms with van der Waals surface area (Å²) in [7, 11) is 0. The number of rotatable bonds is 7. The van der Waals surface area contributed by atoms with Gasteiger partial charge in [-0.3, -0.25) is 24.6 Å². The maximum Gasteiger partial charge on any atom is 0.255 e. The van der Waals surface area contributed by atoms with E-state index in [2.05, 4.69) is 28.4 Å². The first-order chi connectivity index (χ1) is 16.5. The number of nitrogens with zero attached hydrogens (tertiary/aromatic N) is 2. The molecule has 1 aliphatic carbocycles. The van der Waals surface area contributed by atoms with Crippen molar-refractivity contribution in [1.29, 1.82) is 0 Å². The van der Waals surface area contributed by atoms with Crippen molar-refractivity contribution < 1.29 is 14.4 Å². The number of carbonyl (C=O) groups excluding carboxylic acids is 3. The standard InChI is InChI=1S/C27H32ClN3O3/c28-20-10-11-23-19(16-20)8-5-15-30(23)14-3-1-2-6-18-7-4-9-21-22(18)17-31(27(21)34)24-12-13-25(32)29-26(24)33/h4,7,9-11,16,19,23-24H,1-3,5-6,8,12-15,17H2,(H,29,32,33). The largest absolute Gasteiger partial charge is 0.322 e. The Bertz CT molecular complexity index is 1050. The Morgan fingerprint density at radius 2 is 1.97 bits per heavy atom. The van der Waals surface area contributed by atoms with Gasteiger partial charge in [0.15, 0.2) is 0 Å². The zero-order valence-corrected chi connectivity index (χ0v) is 20.2. The molecule has 0 aromatic heterocycles. The van der Waals surface area contributed by atoms with Crippen molar-refractivity contribution in [3.05, 3.63) is 58.1 Å². The number of piperidine rings is 2. The van der Waals surface area contributed by atoms with E-state index >= 15 is 0 Å². The van der Waals surface area contributed by atoms with Crippen LogP contribution < -0.4 is 5.32 Å². The van der Waals surface area contributed by atoms with Gasteiger partial charge in [-0.25, -0.2) is 0 Å². The third-order valence-corrected chi connectivity index (χ3v) is 7.99. The van der Waals surface area contributed by atoms with Crippen LogP contribution in [-0.2, 0) is 22.6 Å². The normalized spacial score (nSPS) is 26.9. The highest BCUT2D eigenvalue weighted by atomic mass is 35.5. The van der Waals surface area contributed by atoms with Gasteiger partial charge in [-0.05, 0) is 80.8 Å². The summed E-state index contributed by atoms with van der Waals surface area (Å²) in [5.41, 5.74) is 2.96. The Labute approximate surface area is 206 Å². The summed E-state index contributed by atoms with van der Waals surface area (Å²) in [6.45, 7) is 2.71. The molecule has 3 heterocycles. The SMILES string of the molecule is O=C1CCC(N2Cc3c(CCCCCN4CCCC5C=C(Cl)C=CC54)cccc3C2=O)C(=O)N1. The molecule has 4 aliphatic rings. The van der Waals surface area contributed by atoms with Crippen molar-refractivity contribution >= 4 is 29.3 Å². The van der Waals surface area contributed by atoms with Gasteiger partial charge in [-0.2, -0.15) is 0 Å².